The zero-order chi connectivity index (χ0) is 15.5. The molecule has 9 nitrogen and oxygen atoms in total. The molecule has 0 aromatic rings. The highest BCUT2D eigenvalue weighted by Gasteiger charge is 2.44. The summed E-state index contributed by atoms with van der Waals surface area (Å²) in [5.41, 5.74) is -1.04. The molecule has 1 fully saturated rings. The van der Waals surface area contributed by atoms with Crippen LogP contribution in [0.2, 0.25) is 0 Å². The van der Waals surface area contributed by atoms with Crippen LogP contribution in [0.3, 0.4) is 0 Å². The molecule has 1 saturated heterocycles. The van der Waals surface area contributed by atoms with Gasteiger partial charge in [0.1, 0.15) is 12.1 Å². The van der Waals surface area contributed by atoms with Crippen LogP contribution in [-0.2, 0) is 14.4 Å². The first-order chi connectivity index (χ1) is 9.15. The van der Waals surface area contributed by atoms with Gasteiger partial charge in [-0.05, 0) is 13.8 Å². The van der Waals surface area contributed by atoms with E-state index in [9.17, 15) is 19.2 Å². The topological polar surface area (TPSA) is 136 Å². The van der Waals surface area contributed by atoms with E-state index in [4.69, 9.17) is 10.2 Å². The van der Waals surface area contributed by atoms with Gasteiger partial charge in [-0.15, -0.1) is 0 Å². The maximum atomic E-state index is 11.8. The maximum Gasteiger partial charge on any atom is 0.332 e. The van der Waals surface area contributed by atoms with Crippen molar-refractivity contribution in [2.45, 2.75) is 31.9 Å². The summed E-state index contributed by atoms with van der Waals surface area (Å²) in [5.74, 6) is -2.50. The number of hydrogen-bond acceptors (Lipinski definition) is 5. The normalized spacial score (nSPS) is 18.6. The molecule has 0 unspecified atom stereocenters. The first kappa shape index (κ1) is 15.9. The lowest BCUT2D eigenvalue weighted by molar-refractivity contribution is -0.147. The highest BCUT2D eigenvalue weighted by Crippen LogP contribution is 2.15. The molecule has 0 saturated carbocycles. The van der Waals surface area contributed by atoms with Crippen molar-refractivity contribution < 1.29 is 29.4 Å². The fraction of sp³-hybridized carbons (Fsp3) is 0.636. The molecule has 112 valence electrons. The zero-order valence-electron chi connectivity index (χ0n) is 11.2. The Morgan fingerprint density at radius 3 is 2.45 bits per heavy atom. The van der Waals surface area contributed by atoms with Gasteiger partial charge in [0.15, 0.2) is 6.10 Å². The second kappa shape index (κ2) is 5.87. The number of imide groups is 1. The standard InChI is InChI=1S/C11H17N3O6/c1-11(2)9(19)14(10(20)13-11)5-7(16)12-4-3-6(15)8(17)18/h6,15H,3-5H2,1-2H3,(H,12,16)(H,13,20)(H,17,18)/t6-/m0/s1. The number of carboxylic acids is 1. The lowest BCUT2D eigenvalue weighted by Gasteiger charge is -2.15. The molecule has 0 bridgehead atoms. The van der Waals surface area contributed by atoms with E-state index in [1.54, 1.807) is 0 Å². The van der Waals surface area contributed by atoms with Gasteiger partial charge in [0.05, 0.1) is 0 Å². The molecular weight excluding hydrogens is 270 g/mol. The monoisotopic (exact) mass is 287 g/mol. The van der Waals surface area contributed by atoms with E-state index in [1.165, 1.54) is 13.8 Å². The molecule has 0 spiro atoms. The number of hydrogen-bond donors (Lipinski definition) is 4. The van der Waals surface area contributed by atoms with Crippen molar-refractivity contribution in [1.29, 1.82) is 0 Å². The zero-order valence-corrected chi connectivity index (χ0v) is 11.2. The SMILES string of the molecule is CC1(C)NC(=O)N(CC(=O)NCC[C@H](O)C(=O)O)C1=O. The average Bonchev–Trinajstić information content (AvgIpc) is 2.51. The molecule has 4 amide bonds. The lowest BCUT2D eigenvalue weighted by Crippen LogP contribution is -2.43. The summed E-state index contributed by atoms with van der Waals surface area (Å²) < 4.78 is 0. The molecule has 1 aliphatic rings. The van der Waals surface area contributed by atoms with Crippen LogP contribution < -0.4 is 10.6 Å². The number of carbonyl (C=O) groups is 4. The highest BCUT2D eigenvalue weighted by atomic mass is 16.4. The molecule has 1 heterocycles. The summed E-state index contributed by atoms with van der Waals surface area (Å²) in [7, 11) is 0. The van der Waals surface area contributed by atoms with Gasteiger partial charge >= 0.3 is 12.0 Å². The molecule has 0 aromatic carbocycles. The van der Waals surface area contributed by atoms with Crippen molar-refractivity contribution in [3.05, 3.63) is 0 Å². The number of aliphatic hydroxyl groups excluding tert-OH is 1. The number of aliphatic carboxylic acids is 1. The van der Waals surface area contributed by atoms with Crippen molar-refractivity contribution in [3.63, 3.8) is 0 Å². The number of rotatable bonds is 6. The molecular formula is C11H17N3O6. The van der Waals surface area contributed by atoms with E-state index in [0.29, 0.717) is 0 Å². The fourth-order valence-electron chi connectivity index (χ4n) is 1.63. The molecule has 1 rings (SSSR count). The number of amides is 4. The van der Waals surface area contributed by atoms with Gasteiger partial charge in [-0.25, -0.2) is 9.59 Å². The third-order valence-electron chi connectivity index (χ3n) is 2.77. The van der Waals surface area contributed by atoms with Gasteiger partial charge < -0.3 is 20.8 Å². The fourth-order valence-corrected chi connectivity index (χ4v) is 1.63. The van der Waals surface area contributed by atoms with E-state index in [-0.39, 0.29) is 13.0 Å². The van der Waals surface area contributed by atoms with Crippen molar-refractivity contribution in [1.82, 2.24) is 15.5 Å². The Balaban J connectivity index is 2.42. The van der Waals surface area contributed by atoms with E-state index < -0.39 is 42.0 Å². The Morgan fingerprint density at radius 2 is 2.00 bits per heavy atom. The van der Waals surface area contributed by atoms with E-state index in [1.807, 2.05) is 0 Å². The number of nitrogens with one attached hydrogen (secondary N) is 2. The molecule has 0 radical (unpaired) electrons. The van der Waals surface area contributed by atoms with Gasteiger partial charge in [0.25, 0.3) is 5.91 Å². The van der Waals surface area contributed by atoms with Crippen LogP contribution in [0.25, 0.3) is 0 Å². The Bertz CT molecular complexity index is 447. The lowest BCUT2D eigenvalue weighted by atomic mass is 10.1. The second-order valence-electron chi connectivity index (χ2n) is 4.94. The number of urea groups is 1. The molecule has 1 atom stereocenters. The smallest absolute Gasteiger partial charge is 0.332 e. The van der Waals surface area contributed by atoms with Gasteiger partial charge in [-0.2, -0.15) is 0 Å². The van der Waals surface area contributed by atoms with Gasteiger partial charge in [0.2, 0.25) is 5.91 Å². The number of carboxylic acid groups (broad SMARTS) is 1. The molecule has 0 aromatic heterocycles. The van der Waals surface area contributed by atoms with Crippen LogP contribution in [0.15, 0.2) is 0 Å². The largest absolute Gasteiger partial charge is 0.479 e. The van der Waals surface area contributed by atoms with Crippen molar-refractivity contribution in [3.8, 4) is 0 Å². The predicted molar refractivity (Wildman–Crippen MR) is 65.6 cm³/mol. The van der Waals surface area contributed by atoms with Crippen LogP contribution >= 0.6 is 0 Å². The highest BCUT2D eigenvalue weighted by molar-refractivity contribution is 6.08. The molecule has 9 heteroatoms. The Labute approximate surface area is 114 Å². The molecule has 1 aliphatic heterocycles. The van der Waals surface area contributed by atoms with Crippen molar-refractivity contribution in [2.24, 2.45) is 0 Å². The average molecular weight is 287 g/mol. The molecule has 4 N–H and O–H groups in total. The molecule has 0 aliphatic carbocycles. The second-order valence-corrected chi connectivity index (χ2v) is 4.94. The van der Waals surface area contributed by atoms with Crippen LogP contribution in [0.1, 0.15) is 20.3 Å². The number of carbonyl (C=O) groups excluding carboxylic acids is 3. The van der Waals surface area contributed by atoms with Crippen LogP contribution in [0.4, 0.5) is 4.79 Å². The van der Waals surface area contributed by atoms with Crippen LogP contribution in [-0.4, -0.2) is 63.7 Å². The Morgan fingerprint density at radius 1 is 1.40 bits per heavy atom. The predicted octanol–water partition coefficient (Wildman–Crippen LogP) is -1.73. The first-order valence-corrected chi connectivity index (χ1v) is 5.97. The van der Waals surface area contributed by atoms with Gasteiger partial charge in [0, 0.05) is 13.0 Å². The van der Waals surface area contributed by atoms with Gasteiger partial charge in [-0.1, -0.05) is 0 Å². The minimum absolute atomic E-state index is 0.0701. The van der Waals surface area contributed by atoms with E-state index in [2.05, 4.69) is 10.6 Å². The summed E-state index contributed by atoms with van der Waals surface area (Å²) in [6, 6.07) is -0.652. The summed E-state index contributed by atoms with van der Waals surface area (Å²) in [6.45, 7) is 2.53. The van der Waals surface area contributed by atoms with E-state index >= 15 is 0 Å². The van der Waals surface area contributed by atoms with Crippen LogP contribution in [0.5, 0.6) is 0 Å². The summed E-state index contributed by atoms with van der Waals surface area (Å²) in [6.07, 6.45) is -1.72. The molecule has 20 heavy (non-hydrogen) atoms. The minimum atomic E-state index is -1.56. The third kappa shape index (κ3) is 3.67. The summed E-state index contributed by atoms with van der Waals surface area (Å²) >= 11 is 0. The Hall–Kier alpha value is -2.16. The Kier molecular flexibility index (Phi) is 4.66. The first-order valence-electron chi connectivity index (χ1n) is 5.97. The summed E-state index contributed by atoms with van der Waals surface area (Å²) in [5, 5.41) is 22.2. The van der Waals surface area contributed by atoms with Crippen LogP contribution in [0, 0.1) is 0 Å². The number of nitrogens with zero attached hydrogens (tertiary/aromatic N) is 1. The maximum absolute atomic E-state index is 11.8. The van der Waals surface area contributed by atoms with Crippen molar-refractivity contribution >= 4 is 23.8 Å². The van der Waals surface area contributed by atoms with E-state index in [0.717, 1.165) is 4.90 Å². The quantitative estimate of drug-likeness (QED) is 0.428. The number of aliphatic hydroxyl groups is 1. The summed E-state index contributed by atoms with van der Waals surface area (Å²) in [4.78, 5) is 46.0. The minimum Gasteiger partial charge on any atom is -0.479 e. The van der Waals surface area contributed by atoms with Crippen molar-refractivity contribution in [2.75, 3.05) is 13.1 Å². The third-order valence-corrected chi connectivity index (χ3v) is 2.77. The van der Waals surface area contributed by atoms with Gasteiger partial charge in [-0.3, -0.25) is 14.5 Å².